The minimum atomic E-state index is 0.0120. The third-order valence-corrected chi connectivity index (χ3v) is 4.32. The molecule has 0 saturated heterocycles. The van der Waals surface area contributed by atoms with Crippen LogP contribution in [0.4, 0.5) is 0 Å². The van der Waals surface area contributed by atoms with Gasteiger partial charge in [0.1, 0.15) is 5.75 Å². The fraction of sp³-hybridized carbons (Fsp3) is 0.286. The van der Waals surface area contributed by atoms with Crippen molar-refractivity contribution >= 4 is 5.91 Å². The fourth-order valence-corrected chi connectivity index (χ4v) is 2.79. The number of aromatic nitrogens is 2. The SMILES string of the molecule is CCN(Cc1nc(-c2cccc(C)c2)no1)C(=O)Cc1ccc(OC)cc1. The van der Waals surface area contributed by atoms with E-state index in [4.69, 9.17) is 9.26 Å². The van der Waals surface area contributed by atoms with Crippen molar-refractivity contribution in [1.29, 1.82) is 0 Å². The highest BCUT2D eigenvalue weighted by Gasteiger charge is 2.17. The van der Waals surface area contributed by atoms with Crippen molar-refractivity contribution in [2.45, 2.75) is 26.8 Å². The van der Waals surface area contributed by atoms with Gasteiger partial charge in [-0.25, -0.2) is 0 Å². The lowest BCUT2D eigenvalue weighted by Gasteiger charge is -2.18. The summed E-state index contributed by atoms with van der Waals surface area (Å²) in [5, 5.41) is 4.04. The predicted molar refractivity (Wildman–Crippen MR) is 102 cm³/mol. The van der Waals surface area contributed by atoms with Crippen LogP contribution < -0.4 is 4.74 Å². The summed E-state index contributed by atoms with van der Waals surface area (Å²) in [6.07, 6.45) is 0.316. The highest BCUT2D eigenvalue weighted by molar-refractivity contribution is 5.78. The van der Waals surface area contributed by atoms with Crippen molar-refractivity contribution in [3.63, 3.8) is 0 Å². The Balaban J connectivity index is 1.66. The number of methoxy groups -OCH3 is 1. The molecule has 27 heavy (non-hydrogen) atoms. The van der Waals surface area contributed by atoms with Gasteiger partial charge in [0, 0.05) is 12.1 Å². The largest absolute Gasteiger partial charge is 0.497 e. The molecule has 0 aliphatic carbocycles. The average Bonchev–Trinajstić information content (AvgIpc) is 3.15. The van der Waals surface area contributed by atoms with Gasteiger partial charge in [-0.15, -0.1) is 0 Å². The molecule has 0 radical (unpaired) electrons. The zero-order chi connectivity index (χ0) is 19.2. The number of nitrogens with zero attached hydrogens (tertiary/aromatic N) is 3. The number of benzene rings is 2. The lowest BCUT2D eigenvalue weighted by atomic mass is 10.1. The van der Waals surface area contributed by atoms with Crippen LogP contribution >= 0.6 is 0 Å². The number of rotatable bonds is 7. The summed E-state index contributed by atoms with van der Waals surface area (Å²) in [5.74, 6) is 1.75. The van der Waals surface area contributed by atoms with E-state index in [1.165, 1.54) is 0 Å². The number of ether oxygens (including phenoxy) is 1. The summed E-state index contributed by atoms with van der Waals surface area (Å²) < 4.78 is 10.5. The Labute approximate surface area is 158 Å². The van der Waals surface area contributed by atoms with Crippen molar-refractivity contribution in [2.24, 2.45) is 0 Å². The molecule has 6 nitrogen and oxygen atoms in total. The monoisotopic (exact) mass is 365 g/mol. The van der Waals surface area contributed by atoms with E-state index < -0.39 is 0 Å². The van der Waals surface area contributed by atoms with E-state index in [1.807, 2.05) is 62.4 Å². The molecule has 1 aromatic heterocycles. The molecule has 0 saturated carbocycles. The molecule has 1 heterocycles. The van der Waals surface area contributed by atoms with E-state index in [2.05, 4.69) is 10.1 Å². The van der Waals surface area contributed by atoms with Gasteiger partial charge in [-0.2, -0.15) is 4.98 Å². The van der Waals surface area contributed by atoms with E-state index in [0.717, 1.165) is 22.4 Å². The van der Waals surface area contributed by atoms with Gasteiger partial charge in [-0.1, -0.05) is 41.1 Å². The van der Waals surface area contributed by atoms with Gasteiger partial charge >= 0.3 is 0 Å². The van der Waals surface area contributed by atoms with E-state index in [9.17, 15) is 4.79 Å². The van der Waals surface area contributed by atoms with Crippen LogP contribution in [0, 0.1) is 6.92 Å². The van der Waals surface area contributed by atoms with Gasteiger partial charge in [0.25, 0.3) is 0 Å². The fourth-order valence-electron chi connectivity index (χ4n) is 2.79. The molecule has 3 rings (SSSR count). The second-order valence-corrected chi connectivity index (χ2v) is 6.31. The van der Waals surface area contributed by atoms with Crippen LogP contribution in [-0.2, 0) is 17.8 Å². The number of likely N-dealkylation sites (N-methyl/N-ethyl adjacent to an activating group) is 1. The van der Waals surface area contributed by atoms with Crippen LogP contribution in [0.25, 0.3) is 11.4 Å². The summed E-state index contributed by atoms with van der Waals surface area (Å²) in [5.41, 5.74) is 2.96. The molecule has 0 fully saturated rings. The molecule has 0 unspecified atom stereocenters. The minimum absolute atomic E-state index is 0.0120. The highest BCUT2D eigenvalue weighted by atomic mass is 16.5. The predicted octanol–water partition coefficient (Wildman–Crippen LogP) is 3.64. The smallest absolute Gasteiger partial charge is 0.246 e. The van der Waals surface area contributed by atoms with Gasteiger partial charge in [0.2, 0.25) is 17.6 Å². The summed E-state index contributed by atoms with van der Waals surface area (Å²) in [6.45, 7) is 4.81. The second-order valence-electron chi connectivity index (χ2n) is 6.31. The summed E-state index contributed by atoms with van der Waals surface area (Å²) in [7, 11) is 1.62. The van der Waals surface area contributed by atoms with Crippen molar-refractivity contribution in [1.82, 2.24) is 15.0 Å². The number of aryl methyl sites for hydroxylation is 1. The van der Waals surface area contributed by atoms with Gasteiger partial charge in [0.15, 0.2) is 0 Å². The Morgan fingerprint density at radius 1 is 1.19 bits per heavy atom. The summed E-state index contributed by atoms with van der Waals surface area (Å²) in [4.78, 5) is 18.8. The van der Waals surface area contributed by atoms with Gasteiger partial charge in [-0.3, -0.25) is 4.79 Å². The number of amides is 1. The molecule has 0 spiro atoms. The first kappa shape index (κ1) is 18.6. The molecule has 2 aromatic carbocycles. The minimum Gasteiger partial charge on any atom is -0.497 e. The Bertz CT molecular complexity index is 903. The Morgan fingerprint density at radius 2 is 1.96 bits per heavy atom. The van der Waals surface area contributed by atoms with Crippen LogP contribution in [-0.4, -0.2) is 34.6 Å². The first-order valence-corrected chi connectivity index (χ1v) is 8.89. The molecule has 0 aliphatic rings. The lowest BCUT2D eigenvalue weighted by molar-refractivity contribution is -0.131. The van der Waals surface area contributed by atoms with E-state index in [-0.39, 0.29) is 5.91 Å². The molecule has 0 aliphatic heterocycles. The number of carbonyl (C=O) groups is 1. The molecular formula is C21H23N3O3. The third kappa shape index (κ3) is 4.73. The Hall–Kier alpha value is -3.15. The van der Waals surface area contributed by atoms with Gasteiger partial charge in [-0.05, 0) is 37.6 Å². The zero-order valence-corrected chi connectivity index (χ0v) is 15.8. The zero-order valence-electron chi connectivity index (χ0n) is 15.8. The molecule has 0 atom stereocenters. The lowest BCUT2D eigenvalue weighted by Crippen LogP contribution is -2.31. The number of carbonyl (C=O) groups excluding carboxylic acids is 1. The highest BCUT2D eigenvalue weighted by Crippen LogP contribution is 2.18. The first-order chi connectivity index (χ1) is 13.1. The van der Waals surface area contributed by atoms with Gasteiger partial charge in [0.05, 0.1) is 20.1 Å². The van der Waals surface area contributed by atoms with Crippen LogP contribution in [0.15, 0.2) is 53.1 Å². The Morgan fingerprint density at radius 3 is 2.63 bits per heavy atom. The van der Waals surface area contributed by atoms with E-state index in [1.54, 1.807) is 12.0 Å². The normalized spacial score (nSPS) is 10.6. The molecule has 0 bridgehead atoms. The Kier molecular flexibility index (Phi) is 5.86. The average molecular weight is 365 g/mol. The molecule has 140 valence electrons. The van der Waals surface area contributed by atoms with E-state index >= 15 is 0 Å². The molecule has 0 N–H and O–H groups in total. The maximum absolute atomic E-state index is 12.6. The van der Waals surface area contributed by atoms with Crippen LogP contribution in [0.2, 0.25) is 0 Å². The molecule has 3 aromatic rings. The van der Waals surface area contributed by atoms with Crippen LogP contribution in [0.1, 0.15) is 23.9 Å². The standard InChI is InChI=1S/C21H23N3O3/c1-4-24(20(25)13-16-8-10-18(26-3)11-9-16)14-19-22-21(23-27-19)17-7-5-6-15(2)12-17/h5-12H,4,13-14H2,1-3H3. The van der Waals surface area contributed by atoms with Gasteiger partial charge < -0.3 is 14.2 Å². The number of hydrogen-bond acceptors (Lipinski definition) is 5. The second kappa shape index (κ2) is 8.49. The van der Waals surface area contributed by atoms with Crippen molar-refractivity contribution in [3.05, 3.63) is 65.5 Å². The molecule has 6 heteroatoms. The first-order valence-electron chi connectivity index (χ1n) is 8.89. The number of hydrogen-bond donors (Lipinski definition) is 0. The van der Waals surface area contributed by atoms with Crippen molar-refractivity contribution < 1.29 is 14.1 Å². The molecule has 1 amide bonds. The third-order valence-electron chi connectivity index (χ3n) is 4.32. The summed E-state index contributed by atoms with van der Waals surface area (Å²) >= 11 is 0. The maximum Gasteiger partial charge on any atom is 0.246 e. The quantitative estimate of drug-likeness (QED) is 0.639. The van der Waals surface area contributed by atoms with Crippen molar-refractivity contribution in [2.75, 3.05) is 13.7 Å². The van der Waals surface area contributed by atoms with E-state index in [0.29, 0.717) is 31.2 Å². The van der Waals surface area contributed by atoms with Crippen LogP contribution in [0.5, 0.6) is 5.75 Å². The summed E-state index contributed by atoms with van der Waals surface area (Å²) in [6, 6.07) is 15.4. The maximum atomic E-state index is 12.6. The van der Waals surface area contributed by atoms with Crippen molar-refractivity contribution in [3.8, 4) is 17.1 Å². The molecular weight excluding hydrogens is 342 g/mol. The van der Waals surface area contributed by atoms with Crippen LogP contribution in [0.3, 0.4) is 0 Å². The topological polar surface area (TPSA) is 68.5 Å².